The molecule has 1 saturated heterocycles. The van der Waals surface area contributed by atoms with E-state index in [0.717, 1.165) is 25.8 Å². The maximum atomic E-state index is 12.6. The lowest BCUT2D eigenvalue weighted by Crippen LogP contribution is -2.49. The third-order valence-corrected chi connectivity index (χ3v) is 4.86. The van der Waals surface area contributed by atoms with Gasteiger partial charge in [0.25, 0.3) is 5.91 Å². The van der Waals surface area contributed by atoms with Gasteiger partial charge in [0, 0.05) is 11.6 Å². The van der Waals surface area contributed by atoms with Crippen molar-refractivity contribution in [2.24, 2.45) is 0 Å². The van der Waals surface area contributed by atoms with Gasteiger partial charge in [0.05, 0.1) is 18.2 Å². The number of amides is 1. The molecule has 0 aromatic heterocycles. The maximum Gasteiger partial charge on any atom is 0.338 e. The molecule has 1 saturated carbocycles. The van der Waals surface area contributed by atoms with Crippen molar-refractivity contribution >= 4 is 24.3 Å². The van der Waals surface area contributed by atoms with E-state index in [4.69, 9.17) is 4.74 Å². The third kappa shape index (κ3) is 3.35. The van der Waals surface area contributed by atoms with Gasteiger partial charge in [-0.05, 0) is 56.8 Å². The van der Waals surface area contributed by atoms with Crippen molar-refractivity contribution < 1.29 is 14.3 Å². The number of esters is 1. The summed E-state index contributed by atoms with van der Waals surface area (Å²) in [6.07, 6.45) is 4.32. The van der Waals surface area contributed by atoms with E-state index in [-0.39, 0.29) is 23.9 Å². The van der Waals surface area contributed by atoms with Crippen LogP contribution in [0, 0.1) is 6.92 Å². The molecule has 1 aromatic rings. The molecule has 23 heavy (non-hydrogen) atoms. The quantitative estimate of drug-likeness (QED) is 0.826. The molecule has 1 atom stereocenters. The van der Waals surface area contributed by atoms with Crippen molar-refractivity contribution in [1.29, 1.82) is 0 Å². The highest BCUT2D eigenvalue weighted by molar-refractivity contribution is 6.00. The second-order valence-electron chi connectivity index (χ2n) is 6.23. The summed E-state index contributed by atoms with van der Waals surface area (Å²) in [6, 6.07) is 5.54. The predicted octanol–water partition coefficient (Wildman–Crippen LogP) is 2.22. The fourth-order valence-electron chi connectivity index (χ4n) is 3.36. The van der Waals surface area contributed by atoms with Crippen LogP contribution in [0.2, 0.25) is 0 Å². The molecule has 1 unspecified atom stereocenters. The Balaban J connectivity index is 0.00000192. The topological polar surface area (TPSA) is 67.4 Å². The Kier molecular flexibility index (Phi) is 5.32. The first kappa shape index (κ1) is 17.8. The number of hydrogen-bond acceptors (Lipinski definition) is 4. The Morgan fingerprint density at radius 3 is 2.57 bits per heavy atom. The van der Waals surface area contributed by atoms with E-state index in [0.29, 0.717) is 22.7 Å². The lowest BCUT2D eigenvalue weighted by molar-refractivity contribution is 0.0600. The van der Waals surface area contributed by atoms with Crippen LogP contribution in [0.15, 0.2) is 18.2 Å². The first-order valence-corrected chi connectivity index (χ1v) is 7.81. The number of benzene rings is 1. The summed E-state index contributed by atoms with van der Waals surface area (Å²) >= 11 is 0. The molecule has 0 bridgehead atoms. The third-order valence-electron chi connectivity index (χ3n) is 4.86. The number of halogens is 1. The molecular formula is C17H23ClN2O3. The largest absolute Gasteiger partial charge is 0.465 e. The minimum absolute atomic E-state index is 0. The van der Waals surface area contributed by atoms with Crippen LogP contribution in [0.5, 0.6) is 0 Å². The molecule has 1 aliphatic carbocycles. The summed E-state index contributed by atoms with van der Waals surface area (Å²) in [6.45, 7) is 2.81. The van der Waals surface area contributed by atoms with Gasteiger partial charge in [-0.25, -0.2) is 4.79 Å². The van der Waals surface area contributed by atoms with Crippen molar-refractivity contribution in [3.05, 3.63) is 34.9 Å². The fraction of sp³-hybridized carbons (Fsp3) is 0.529. The van der Waals surface area contributed by atoms with Crippen molar-refractivity contribution in [2.75, 3.05) is 13.7 Å². The molecule has 6 heteroatoms. The summed E-state index contributed by atoms with van der Waals surface area (Å²) < 4.78 is 4.77. The number of rotatable bonds is 4. The second-order valence-corrected chi connectivity index (χ2v) is 6.23. The normalized spacial score (nSPS) is 21.2. The van der Waals surface area contributed by atoms with Crippen LogP contribution >= 0.6 is 12.4 Å². The van der Waals surface area contributed by atoms with Gasteiger partial charge < -0.3 is 15.4 Å². The summed E-state index contributed by atoms with van der Waals surface area (Å²) in [5.41, 5.74) is 1.56. The second kappa shape index (κ2) is 6.89. The zero-order valence-electron chi connectivity index (χ0n) is 13.5. The molecule has 1 aromatic carbocycles. The average Bonchev–Trinajstić information content (AvgIpc) is 3.08. The minimum atomic E-state index is -0.411. The molecule has 2 fully saturated rings. The molecule has 1 aliphatic heterocycles. The first-order chi connectivity index (χ1) is 10.6. The molecule has 2 aliphatic rings. The minimum Gasteiger partial charge on any atom is -0.465 e. The molecule has 1 amide bonds. The van der Waals surface area contributed by atoms with E-state index in [1.165, 1.54) is 13.5 Å². The number of carbonyl (C=O) groups is 2. The van der Waals surface area contributed by atoms with E-state index < -0.39 is 5.97 Å². The van der Waals surface area contributed by atoms with E-state index in [9.17, 15) is 9.59 Å². The van der Waals surface area contributed by atoms with Crippen molar-refractivity contribution in [3.8, 4) is 0 Å². The van der Waals surface area contributed by atoms with Crippen LogP contribution < -0.4 is 10.6 Å². The number of methoxy groups -OCH3 is 1. The van der Waals surface area contributed by atoms with Crippen molar-refractivity contribution in [1.82, 2.24) is 10.6 Å². The molecule has 5 nitrogen and oxygen atoms in total. The zero-order valence-corrected chi connectivity index (χ0v) is 14.3. The van der Waals surface area contributed by atoms with E-state index in [2.05, 4.69) is 10.6 Å². The van der Waals surface area contributed by atoms with Crippen molar-refractivity contribution in [2.45, 2.75) is 44.2 Å². The highest BCUT2D eigenvalue weighted by Crippen LogP contribution is 2.42. The van der Waals surface area contributed by atoms with Crippen LogP contribution in [-0.2, 0) is 4.74 Å². The van der Waals surface area contributed by atoms with Gasteiger partial charge in [-0.2, -0.15) is 0 Å². The van der Waals surface area contributed by atoms with Gasteiger partial charge in [0.15, 0.2) is 0 Å². The summed E-state index contributed by atoms with van der Waals surface area (Å²) in [5, 5.41) is 6.68. The van der Waals surface area contributed by atoms with E-state index in [1.54, 1.807) is 25.1 Å². The van der Waals surface area contributed by atoms with E-state index in [1.807, 2.05) is 0 Å². The van der Waals surface area contributed by atoms with E-state index >= 15 is 0 Å². The Morgan fingerprint density at radius 1 is 1.30 bits per heavy atom. The zero-order chi connectivity index (χ0) is 15.7. The fourth-order valence-corrected chi connectivity index (χ4v) is 3.36. The Hall–Kier alpha value is -1.59. The molecule has 126 valence electrons. The summed E-state index contributed by atoms with van der Waals surface area (Å²) in [7, 11) is 1.35. The van der Waals surface area contributed by atoms with Gasteiger partial charge in [0.1, 0.15) is 0 Å². The first-order valence-electron chi connectivity index (χ1n) is 7.81. The Morgan fingerprint density at radius 2 is 2.00 bits per heavy atom. The maximum absolute atomic E-state index is 12.6. The molecule has 3 rings (SSSR count). The number of ether oxygens (including phenoxy) is 1. The van der Waals surface area contributed by atoms with Crippen molar-refractivity contribution in [3.63, 3.8) is 0 Å². The molecule has 0 radical (unpaired) electrons. The average molecular weight is 339 g/mol. The van der Waals surface area contributed by atoms with Gasteiger partial charge in [-0.3, -0.25) is 4.79 Å². The summed E-state index contributed by atoms with van der Waals surface area (Å²) in [5.74, 6) is -0.514. The number of carbonyl (C=O) groups excluding carboxylic acids is 2. The monoisotopic (exact) mass is 338 g/mol. The molecule has 1 heterocycles. The molecule has 0 spiro atoms. The highest BCUT2D eigenvalue weighted by Gasteiger charge is 2.51. The Labute approximate surface area is 142 Å². The van der Waals surface area contributed by atoms with Crippen LogP contribution in [0.25, 0.3) is 0 Å². The smallest absolute Gasteiger partial charge is 0.338 e. The lowest BCUT2D eigenvalue weighted by atomic mass is 9.99. The van der Waals surface area contributed by atoms with Gasteiger partial charge in [-0.1, -0.05) is 6.07 Å². The number of hydrogen-bond donors (Lipinski definition) is 2. The standard InChI is InChI=1S/C17H22N2O3.ClH/c1-11-12(5-3-6-13(11)16(21)22-2)15(20)19-17(8-9-17)14-7-4-10-18-14;/h3,5-6,14,18H,4,7-10H2,1-2H3,(H,19,20);1H. The predicted molar refractivity (Wildman–Crippen MR) is 90.2 cm³/mol. The molecule has 2 N–H and O–H groups in total. The Bertz CT molecular complexity index is 608. The highest BCUT2D eigenvalue weighted by atomic mass is 35.5. The lowest BCUT2D eigenvalue weighted by Gasteiger charge is -2.25. The SMILES string of the molecule is COC(=O)c1cccc(C(=O)NC2(C3CCCN3)CC2)c1C.Cl. The summed E-state index contributed by atoms with van der Waals surface area (Å²) in [4.78, 5) is 24.4. The molecular weight excluding hydrogens is 316 g/mol. The van der Waals surface area contributed by atoms with Gasteiger partial charge in [-0.15, -0.1) is 12.4 Å². The van der Waals surface area contributed by atoms with Crippen LogP contribution in [0.1, 0.15) is 52.0 Å². The van der Waals surface area contributed by atoms with Crippen LogP contribution in [0.3, 0.4) is 0 Å². The van der Waals surface area contributed by atoms with Gasteiger partial charge in [0.2, 0.25) is 0 Å². The van der Waals surface area contributed by atoms with Crippen LogP contribution in [-0.4, -0.2) is 37.1 Å². The van der Waals surface area contributed by atoms with Crippen LogP contribution in [0.4, 0.5) is 0 Å². The van der Waals surface area contributed by atoms with Gasteiger partial charge >= 0.3 is 5.97 Å². The number of nitrogens with one attached hydrogen (secondary N) is 2.